The van der Waals surface area contributed by atoms with Crippen LogP contribution in [0.4, 0.5) is 10.5 Å². The zero-order chi connectivity index (χ0) is 19.1. The summed E-state index contributed by atoms with van der Waals surface area (Å²) in [5.41, 5.74) is 0.496. The molecular formula is C17H22N2O6S. The summed E-state index contributed by atoms with van der Waals surface area (Å²) < 4.78 is 15.4. The molecule has 1 aliphatic heterocycles. The van der Waals surface area contributed by atoms with Crippen molar-refractivity contribution in [3.05, 3.63) is 18.2 Å². The smallest absolute Gasteiger partial charge is 0.308 e. The van der Waals surface area contributed by atoms with Gasteiger partial charge in [0.2, 0.25) is 0 Å². The molecule has 1 unspecified atom stereocenters. The number of esters is 1. The van der Waals surface area contributed by atoms with Gasteiger partial charge in [-0.25, -0.2) is 0 Å². The Hall–Kier alpha value is -2.42. The van der Waals surface area contributed by atoms with Crippen molar-refractivity contribution in [1.29, 1.82) is 0 Å². The first-order valence-electron chi connectivity index (χ1n) is 8.08. The molecule has 1 heterocycles. The van der Waals surface area contributed by atoms with Crippen molar-refractivity contribution in [2.75, 3.05) is 38.4 Å². The quantitative estimate of drug-likeness (QED) is 0.688. The number of carbonyl (C=O) groups excluding carboxylic acids is 3. The number of rotatable bonds is 8. The van der Waals surface area contributed by atoms with Crippen LogP contribution < -0.4 is 14.8 Å². The number of nitrogens with one attached hydrogen (secondary N) is 1. The largest absolute Gasteiger partial charge is 0.493 e. The Morgan fingerprint density at radius 1 is 1.27 bits per heavy atom. The second-order valence-electron chi connectivity index (χ2n) is 5.54. The maximum atomic E-state index is 12.2. The van der Waals surface area contributed by atoms with Gasteiger partial charge in [0.25, 0.3) is 11.1 Å². The van der Waals surface area contributed by atoms with Gasteiger partial charge in [0.05, 0.1) is 20.6 Å². The SMILES string of the molecule is COc1ccc(NC(=O)C(C)OC(=O)CCN2CCSC2=O)cc1OC. The molecule has 26 heavy (non-hydrogen) atoms. The molecule has 1 atom stereocenters. The summed E-state index contributed by atoms with van der Waals surface area (Å²) in [6.45, 7) is 2.42. The molecule has 1 aromatic carbocycles. The number of anilines is 1. The van der Waals surface area contributed by atoms with Crippen LogP contribution in [0.2, 0.25) is 0 Å². The van der Waals surface area contributed by atoms with E-state index in [-0.39, 0.29) is 11.7 Å². The average Bonchev–Trinajstić information content (AvgIpc) is 3.04. The number of methoxy groups -OCH3 is 2. The Kier molecular flexibility index (Phi) is 7.14. The third-order valence-electron chi connectivity index (χ3n) is 3.76. The zero-order valence-corrected chi connectivity index (χ0v) is 15.8. The van der Waals surface area contributed by atoms with Crippen LogP contribution in [0.1, 0.15) is 13.3 Å². The minimum atomic E-state index is -0.959. The van der Waals surface area contributed by atoms with Gasteiger partial charge in [0.1, 0.15) is 0 Å². The van der Waals surface area contributed by atoms with E-state index in [2.05, 4.69) is 5.32 Å². The lowest BCUT2D eigenvalue weighted by atomic mass is 10.2. The van der Waals surface area contributed by atoms with E-state index >= 15 is 0 Å². The van der Waals surface area contributed by atoms with Crippen molar-refractivity contribution in [1.82, 2.24) is 4.90 Å². The van der Waals surface area contributed by atoms with Crippen LogP contribution in [0.3, 0.4) is 0 Å². The lowest BCUT2D eigenvalue weighted by Crippen LogP contribution is -2.32. The van der Waals surface area contributed by atoms with E-state index in [9.17, 15) is 14.4 Å². The highest BCUT2D eigenvalue weighted by Crippen LogP contribution is 2.29. The van der Waals surface area contributed by atoms with Gasteiger partial charge in [-0.2, -0.15) is 0 Å². The second kappa shape index (κ2) is 9.33. The molecule has 0 saturated carbocycles. The van der Waals surface area contributed by atoms with Gasteiger partial charge >= 0.3 is 5.97 Å². The molecule has 0 aromatic heterocycles. The molecule has 142 valence electrons. The highest BCUT2D eigenvalue weighted by atomic mass is 32.2. The summed E-state index contributed by atoms with van der Waals surface area (Å²) in [4.78, 5) is 37.1. The minimum Gasteiger partial charge on any atom is -0.493 e. The first kappa shape index (κ1) is 19.9. The van der Waals surface area contributed by atoms with E-state index in [0.717, 1.165) is 5.75 Å². The van der Waals surface area contributed by atoms with Crippen molar-refractivity contribution in [3.8, 4) is 11.5 Å². The van der Waals surface area contributed by atoms with Gasteiger partial charge in [0.15, 0.2) is 17.6 Å². The summed E-state index contributed by atoms with van der Waals surface area (Å²) in [6, 6.07) is 4.93. The first-order valence-corrected chi connectivity index (χ1v) is 9.07. The Morgan fingerprint density at radius 2 is 2.00 bits per heavy atom. The fourth-order valence-electron chi connectivity index (χ4n) is 2.32. The monoisotopic (exact) mass is 382 g/mol. The molecule has 0 aliphatic carbocycles. The summed E-state index contributed by atoms with van der Waals surface area (Å²) in [5, 5.41) is 2.63. The van der Waals surface area contributed by atoms with Gasteiger partial charge in [-0.1, -0.05) is 11.8 Å². The number of carbonyl (C=O) groups is 3. The number of hydrogen-bond donors (Lipinski definition) is 1. The topological polar surface area (TPSA) is 94.2 Å². The molecule has 8 nitrogen and oxygen atoms in total. The van der Waals surface area contributed by atoms with Crippen molar-refractivity contribution in [3.63, 3.8) is 0 Å². The number of thioether (sulfide) groups is 1. The van der Waals surface area contributed by atoms with E-state index in [0.29, 0.717) is 30.3 Å². The first-order chi connectivity index (χ1) is 12.4. The van der Waals surface area contributed by atoms with E-state index in [1.165, 1.54) is 32.9 Å². The van der Waals surface area contributed by atoms with Crippen molar-refractivity contribution < 1.29 is 28.6 Å². The van der Waals surface area contributed by atoms with Gasteiger partial charge in [-0.3, -0.25) is 14.4 Å². The van der Waals surface area contributed by atoms with Gasteiger partial charge in [0, 0.05) is 30.6 Å². The fraction of sp³-hybridized carbons (Fsp3) is 0.471. The van der Waals surface area contributed by atoms with Crippen LogP contribution in [-0.4, -0.2) is 61.2 Å². The molecule has 1 N–H and O–H groups in total. The normalized spacial score (nSPS) is 14.7. The molecular weight excluding hydrogens is 360 g/mol. The molecule has 9 heteroatoms. The van der Waals surface area contributed by atoms with Crippen LogP contribution in [-0.2, 0) is 14.3 Å². The van der Waals surface area contributed by atoms with E-state index < -0.39 is 18.0 Å². The standard InChI is InChI=1S/C17H22N2O6S/c1-11(25-15(20)6-7-19-8-9-26-17(19)22)16(21)18-12-4-5-13(23-2)14(10-12)24-3/h4-5,10-11H,6-9H2,1-3H3,(H,18,21). The van der Waals surface area contributed by atoms with Crippen molar-refractivity contribution >= 4 is 34.6 Å². The minimum absolute atomic E-state index is 0.0305. The highest BCUT2D eigenvalue weighted by Gasteiger charge is 2.23. The predicted octanol–water partition coefficient (Wildman–Crippen LogP) is 2.13. The fourth-order valence-corrected chi connectivity index (χ4v) is 3.17. The van der Waals surface area contributed by atoms with E-state index in [4.69, 9.17) is 14.2 Å². The Bertz CT molecular complexity index is 681. The highest BCUT2D eigenvalue weighted by molar-refractivity contribution is 8.13. The van der Waals surface area contributed by atoms with E-state index in [1.54, 1.807) is 23.1 Å². The Morgan fingerprint density at radius 3 is 2.62 bits per heavy atom. The molecule has 1 aromatic rings. The number of hydrogen-bond acceptors (Lipinski definition) is 7. The molecule has 0 spiro atoms. The van der Waals surface area contributed by atoms with Gasteiger partial charge in [-0.15, -0.1) is 0 Å². The van der Waals surface area contributed by atoms with Crippen molar-refractivity contribution in [2.45, 2.75) is 19.4 Å². The van der Waals surface area contributed by atoms with Crippen LogP contribution >= 0.6 is 11.8 Å². The summed E-state index contributed by atoms with van der Waals surface area (Å²) in [7, 11) is 3.02. The van der Waals surface area contributed by atoms with Crippen LogP contribution in [0.15, 0.2) is 18.2 Å². The Labute approximate surface area is 156 Å². The number of benzene rings is 1. The van der Waals surface area contributed by atoms with Crippen molar-refractivity contribution in [2.24, 2.45) is 0 Å². The van der Waals surface area contributed by atoms with Gasteiger partial charge in [-0.05, 0) is 19.1 Å². The maximum Gasteiger partial charge on any atom is 0.308 e. The summed E-state index contributed by atoms with van der Waals surface area (Å²) in [6.07, 6.45) is -0.903. The Balaban J connectivity index is 1.83. The molecule has 0 radical (unpaired) electrons. The van der Waals surface area contributed by atoms with Crippen LogP contribution in [0.25, 0.3) is 0 Å². The zero-order valence-electron chi connectivity index (χ0n) is 14.9. The second-order valence-corrected chi connectivity index (χ2v) is 6.59. The molecule has 1 aliphatic rings. The van der Waals surface area contributed by atoms with Crippen LogP contribution in [0.5, 0.6) is 11.5 Å². The third-order valence-corrected chi connectivity index (χ3v) is 4.65. The lowest BCUT2D eigenvalue weighted by Gasteiger charge is -2.16. The molecule has 0 bridgehead atoms. The average molecular weight is 382 g/mol. The maximum absolute atomic E-state index is 12.2. The lowest BCUT2D eigenvalue weighted by molar-refractivity contribution is -0.153. The summed E-state index contributed by atoms with van der Waals surface area (Å²) in [5.74, 6) is 0.767. The van der Waals surface area contributed by atoms with E-state index in [1.807, 2.05) is 0 Å². The number of amides is 2. The third kappa shape index (κ3) is 5.29. The van der Waals surface area contributed by atoms with Crippen LogP contribution in [0, 0.1) is 0 Å². The molecule has 2 amide bonds. The van der Waals surface area contributed by atoms with Gasteiger partial charge < -0.3 is 24.4 Å². The summed E-state index contributed by atoms with van der Waals surface area (Å²) >= 11 is 1.23. The number of nitrogens with zero attached hydrogens (tertiary/aromatic N) is 1. The molecule has 1 fully saturated rings. The predicted molar refractivity (Wildman–Crippen MR) is 97.8 cm³/mol. The molecule has 1 saturated heterocycles. The number of ether oxygens (including phenoxy) is 3. The molecule has 2 rings (SSSR count).